The second-order valence-electron chi connectivity index (χ2n) is 4.19. The molecule has 2 aromatic rings. The van der Waals surface area contributed by atoms with Crippen molar-refractivity contribution in [1.29, 1.82) is 0 Å². The number of benzene rings is 1. The van der Waals surface area contributed by atoms with Crippen LogP contribution in [-0.4, -0.2) is 23.0 Å². The highest BCUT2D eigenvalue weighted by Crippen LogP contribution is 2.13. The number of ether oxygens (including phenoxy) is 1. The number of esters is 1. The van der Waals surface area contributed by atoms with Gasteiger partial charge in [0.15, 0.2) is 0 Å². The van der Waals surface area contributed by atoms with E-state index in [2.05, 4.69) is 36.0 Å². The van der Waals surface area contributed by atoms with Gasteiger partial charge >= 0.3 is 5.97 Å². The number of carbonyl (C=O) groups is 1. The Hall–Kier alpha value is -1.95. The number of methoxy groups -OCH3 is 1. The first-order valence-electron chi connectivity index (χ1n) is 6.01. The van der Waals surface area contributed by atoms with Gasteiger partial charge in [-0.3, -0.25) is 0 Å². The van der Waals surface area contributed by atoms with Crippen LogP contribution >= 0.6 is 15.9 Å². The molecule has 20 heavy (non-hydrogen) atoms. The third-order valence-corrected chi connectivity index (χ3v) is 3.14. The molecular formula is C14H14BrN3O2. The number of hydrogen-bond acceptors (Lipinski definition) is 5. The molecule has 0 atom stereocenters. The fourth-order valence-electron chi connectivity index (χ4n) is 1.64. The molecule has 0 spiro atoms. The molecule has 2 rings (SSSR count). The minimum absolute atomic E-state index is 0.0609. The Balaban J connectivity index is 2.11. The molecule has 1 N–H and O–H groups in total. The lowest BCUT2D eigenvalue weighted by molar-refractivity contribution is 0.0586. The van der Waals surface area contributed by atoms with Gasteiger partial charge in [0.2, 0.25) is 5.82 Å². The van der Waals surface area contributed by atoms with Crippen molar-refractivity contribution in [3.63, 3.8) is 0 Å². The maximum atomic E-state index is 11.4. The van der Waals surface area contributed by atoms with Gasteiger partial charge in [-0.15, -0.1) is 0 Å². The van der Waals surface area contributed by atoms with E-state index in [0.29, 0.717) is 18.1 Å². The van der Waals surface area contributed by atoms with Gasteiger partial charge in [-0.25, -0.2) is 14.8 Å². The molecule has 0 fully saturated rings. The zero-order valence-corrected chi connectivity index (χ0v) is 12.8. The van der Waals surface area contributed by atoms with Crippen LogP contribution in [0.15, 0.2) is 34.8 Å². The summed E-state index contributed by atoms with van der Waals surface area (Å²) in [5, 5.41) is 3.17. The number of carbonyl (C=O) groups excluding carboxylic acids is 1. The molecule has 0 unspecified atom stereocenters. The van der Waals surface area contributed by atoms with E-state index in [1.165, 1.54) is 7.11 Å². The van der Waals surface area contributed by atoms with Crippen molar-refractivity contribution in [1.82, 2.24) is 9.97 Å². The average Bonchev–Trinajstić information content (AvgIpc) is 2.45. The van der Waals surface area contributed by atoms with Crippen molar-refractivity contribution in [2.75, 3.05) is 12.4 Å². The predicted octanol–water partition coefficient (Wildman–Crippen LogP) is 2.95. The van der Waals surface area contributed by atoms with Crippen LogP contribution in [0.5, 0.6) is 0 Å². The summed E-state index contributed by atoms with van der Waals surface area (Å²) in [7, 11) is 1.31. The Morgan fingerprint density at radius 3 is 2.65 bits per heavy atom. The fourth-order valence-corrected chi connectivity index (χ4v) is 1.90. The Kier molecular flexibility index (Phi) is 4.68. The highest BCUT2D eigenvalue weighted by atomic mass is 79.9. The van der Waals surface area contributed by atoms with Crippen molar-refractivity contribution in [3.05, 3.63) is 51.9 Å². The van der Waals surface area contributed by atoms with Crippen molar-refractivity contribution >= 4 is 27.7 Å². The second kappa shape index (κ2) is 6.47. The van der Waals surface area contributed by atoms with Gasteiger partial charge in [-0.2, -0.15) is 0 Å². The lowest BCUT2D eigenvalue weighted by Gasteiger charge is -2.08. The second-order valence-corrected chi connectivity index (χ2v) is 5.11. The lowest BCUT2D eigenvalue weighted by atomic mass is 10.2. The van der Waals surface area contributed by atoms with Gasteiger partial charge in [-0.05, 0) is 24.6 Å². The standard InChI is InChI=1S/C14H14BrN3O2/c1-9-7-12(18-13(17-9)14(19)20-2)16-8-10-3-5-11(15)6-4-10/h3-7H,8H2,1-2H3,(H,16,17,18). The maximum Gasteiger partial charge on any atom is 0.376 e. The van der Waals surface area contributed by atoms with Gasteiger partial charge in [0.05, 0.1) is 7.11 Å². The van der Waals surface area contributed by atoms with Crippen molar-refractivity contribution in [3.8, 4) is 0 Å². The summed E-state index contributed by atoms with van der Waals surface area (Å²) in [5.74, 6) is 0.118. The molecule has 5 nitrogen and oxygen atoms in total. The van der Waals surface area contributed by atoms with E-state index < -0.39 is 5.97 Å². The third kappa shape index (κ3) is 3.77. The van der Waals surface area contributed by atoms with Crippen LogP contribution in [0, 0.1) is 6.92 Å². The van der Waals surface area contributed by atoms with Crippen LogP contribution in [0.25, 0.3) is 0 Å². The van der Waals surface area contributed by atoms with Crippen LogP contribution in [0.2, 0.25) is 0 Å². The SMILES string of the molecule is COC(=O)c1nc(C)cc(NCc2ccc(Br)cc2)n1. The summed E-state index contributed by atoms with van der Waals surface area (Å²) < 4.78 is 5.66. The first-order chi connectivity index (χ1) is 9.58. The molecule has 0 radical (unpaired) electrons. The van der Waals surface area contributed by atoms with E-state index in [9.17, 15) is 4.79 Å². The van der Waals surface area contributed by atoms with Crippen molar-refractivity contribution in [2.45, 2.75) is 13.5 Å². The highest BCUT2D eigenvalue weighted by Gasteiger charge is 2.11. The Labute approximate surface area is 125 Å². The van der Waals surface area contributed by atoms with Gasteiger partial charge in [0, 0.05) is 22.8 Å². The average molecular weight is 336 g/mol. The topological polar surface area (TPSA) is 64.1 Å². The predicted molar refractivity (Wildman–Crippen MR) is 79.6 cm³/mol. The summed E-state index contributed by atoms with van der Waals surface area (Å²) >= 11 is 3.39. The molecule has 1 heterocycles. The molecule has 6 heteroatoms. The van der Waals surface area contributed by atoms with E-state index in [0.717, 1.165) is 10.0 Å². The molecule has 0 saturated carbocycles. The molecule has 1 aromatic carbocycles. The Morgan fingerprint density at radius 2 is 2.00 bits per heavy atom. The van der Waals surface area contributed by atoms with Crippen LogP contribution in [0.4, 0.5) is 5.82 Å². The molecule has 1 aromatic heterocycles. The number of rotatable bonds is 4. The van der Waals surface area contributed by atoms with Crippen molar-refractivity contribution < 1.29 is 9.53 Å². The molecule has 0 amide bonds. The number of nitrogens with one attached hydrogen (secondary N) is 1. The largest absolute Gasteiger partial charge is 0.463 e. The summed E-state index contributed by atoms with van der Waals surface area (Å²) in [4.78, 5) is 19.6. The van der Waals surface area contributed by atoms with Crippen LogP contribution in [-0.2, 0) is 11.3 Å². The minimum Gasteiger partial charge on any atom is -0.463 e. The monoisotopic (exact) mass is 335 g/mol. The van der Waals surface area contributed by atoms with E-state index in [1.54, 1.807) is 13.0 Å². The quantitative estimate of drug-likeness (QED) is 0.870. The zero-order valence-electron chi connectivity index (χ0n) is 11.2. The molecular weight excluding hydrogens is 322 g/mol. The number of nitrogens with zero attached hydrogens (tertiary/aromatic N) is 2. The van der Waals surface area contributed by atoms with Crippen LogP contribution < -0.4 is 5.32 Å². The smallest absolute Gasteiger partial charge is 0.376 e. The zero-order chi connectivity index (χ0) is 14.5. The Bertz CT molecular complexity index is 614. The Morgan fingerprint density at radius 1 is 1.30 bits per heavy atom. The van der Waals surface area contributed by atoms with Gasteiger partial charge in [0.1, 0.15) is 5.82 Å². The summed E-state index contributed by atoms with van der Waals surface area (Å²) in [6.07, 6.45) is 0. The van der Waals surface area contributed by atoms with Crippen LogP contribution in [0.1, 0.15) is 21.9 Å². The molecule has 0 aliphatic carbocycles. The van der Waals surface area contributed by atoms with E-state index in [-0.39, 0.29) is 5.82 Å². The normalized spacial score (nSPS) is 10.2. The molecule has 0 bridgehead atoms. The van der Waals surface area contributed by atoms with E-state index in [1.807, 2.05) is 24.3 Å². The van der Waals surface area contributed by atoms with Crippen LogP contribution in [0.3, 0.4) is 0 Å². The minimum atomic E-state index is -0.541. The van der Waals surface area contributed by atoms with Crippen molar-refractivity contribution in [2.24, 2.45) is 0 Å². The van der Waals surface area contributed by atoms with E-state index >= 15 is 0 Å². The van der Waals surface area contributed by atoms with Gasteiger partial charge in [-0.1, -0.05) is 28.1 Å². The number of halogens is 1. The summed E-state index contributed by atoms with van der Waals surface area (Å²) in [6, 6.07) is 9.74. The maximum absolute atomic E-state index is 11.4. The van der Waals surface area contributed by atoms with Gasteiger partial charge < -0.3 is 10.1 Å². The molecule has 104 valence electrons. The highest BCUT2D eigenvalue weighted by molar-refractivity contribution is 9.10. The molecule has 0 aliphatic rings. The first kappa shape index (κ1) is 14.5. The third-order valence-electron chi connectivity index (χ3n) is 2.61. The molecule has 0 aliphatic heterocycles. The molecule has 0 saturated heterocycles. The number of anilines is 1. The summed E-state index contributed by atoms with van der Waals surface area (Å²) in [5.41, 5.74) is 1.82. The fraction of sp³-hybridized carbons (Fsp3) is 0.214. The summed E-state index contributed by atoms with van der Waals surface area (Å²) in [6.45, 7) is 2.42. The number of hydrogen-bond donors (Lipinski definition) is 1. The first-order valence-corrected chi connectivity index (χ1v) is 6.80. The van der Waals surface area contributed by atoms with E-state index in [4.69, 9.17) is 0 Å². The number of aromatic nitrogens is 2. The van der Waals surface area contributed by atoms with Gasteiger partial charge in [0.25, 0.3) is 0 Å². The number of aryl methyl sites for hydroxylation is 1. The lowest BCUT2D eigenvalue weighted by Crippen LogP contribution is -2.11.